The zero-order valence-corrected chi connectivity index (χ0v) is 19.5. The van der Waals surface area contributed by atoms with Crippen LogP contribution in [0.4, 0.5) is 10.1 Å². The Labute approximate surface area is 184 Å². The van der Waals surface area contributed by atoms with Crippen LogP contribution in [-0.4, -0.2) is 57.2 Å². The third-order valence-corrected chi connectivity index (χ3v) is 5.11. The lowest BCUT2D eigenvalue weighted by Gasteiger charge is -2.33. The number of hydrogen-bond acceptors (Lipinski definition) is 4. The minimum absolute atomic E-state index is 0. The summed E-state index contributed by atoms with van der Waals surface area (Å²) < 4.78 is 19.3. The fourth-order valence-corrected chi connectivity index (χ4v) is 3.49. The smallest absolute Gasteiger partial charge is 0.308 e. The van der Waals surface area contributed by atoms with Gasteiger partial charge in [0.2, 0.25) is 0 Å². The molecule has 1 saturated heterocycles. The van der Waals surface area contributed by atoms with Crippen molar-refractivity contribution in [3.8, 4) is 0 Å². The summed E-state index contributed by atoms with van der Waals surface area (Å²) in [5.41, 5.74) is 1.51. The molecule has 0 aromatic heterocycles. The first kappa shape index (κ1) is 24.5. The molecule has 0 radical (unpaired) electrons. The number of piperidine rings is 1. The Kier molecular flexibility index (Phi) is 10.6. The molecular formula is C20H32FIN4O2. The molecule has 0 saturated carbocycles. The summed E-state index contributed by atoms with van der Waals surface area (Å²) in [6, 6.07) is 5.36. The van der Waals surface area contributed by atoms with Gasteiger partial charge in [0.1, 0.15) is 5.82 Å². The van der Waals surface area contributed by atoms with Crippen LogP contribution in [-0.2, 0) is 16.1 Å². The number of halogens is 2. The number of anilines is 1. The summed E-state index contributed by atoms with van der Waals surface area (Å²) in [5.74, 6) is 0.394. The lowest BCUT2D eigenvalue weighted by molar-refractivity contribution is -0.146. The standard InChI is InChI=1S/C20H31FN4O2.HI/c1-5-24(6-2)18-8-7-15(13-17(18)21)14-23-20(22-3)25-11-9-16(10-12-25)19(26)27-4;/h7-8,13,16H,5-6,9-12,14H2,1-4H3,(H,22,23);1H. The summed E-state index contributed by atoms with van der Waals surface area (Å²) >= 11 is 0. The van der Waals surface area contributed by atoms with Crippen LogP contribution in [0.15, 0.2) is 23.2 Å². The third kappa shape index (κ3) is 6.22. The van der Waals surface area contributed by atoms with Gasteiger partial charge in [-0.3, -0.25) is 9.79 Å². The van der Waals surface area contributed by atoms with Crippen molar-refractivity contribution in [2.24, 2.45) is 10.9 Å². The molecule has 6 nitrogen and oxygen atoms in total. The van der Waals surface area contributed by atoms with Crippen LogP contribution >= 0.6 is 24.0 Å². The average Bonchev–Trinajstić information content (AvgIpc) is 2.70. The Hall–Kier alpha value is -1.58. The highest BCUT2D eigenvalue weighted by Gasteiger charge is 2.26. The number of nitrogens with zero attached hydrogens (tertiary/aromatic N) is 3. The quantitative estimate of drug-likeness (QED) is 0.278. The number of nitrogens with one attached hydrogen (secondary N) is 1. The topological polar surface area (TPSA) is 57.2 Å². The first-order chi connectivity index (χ1) is 13.0. The maximum atomic E-state index is 14.4. The van der Waals surface area contributed by atoms with Gasteiger partial charge in [-0.25, -0.2) is 4.39 Å². The van der Waals surface area contributed by atoms with Gasteiger partial charge in [0, 0.05) is 39.8 Å². The Morgan fingerprint density at radius 2 is 1.96 bits per heavy atom. The molecule has 0 aliphatic carbocycles. The summed E-state index contributed by atoms with van der Waals surface area (Å²) in [6.45, 7) is 7.58. The van der Waals surface area contributed by atoms with Crippen LogP contribution in [0.2, 0.25) is 0 Å². The van der Waals surface area contributed by atoms with Gasteiger partial charge < -0.3 is 19.9 Å². The Bertz CT molecular complexity index is 660. The van der Waals surface area contributed by atoms with Crippen molar-refractivity contribution in [3.63, 3.8) is 0 Å². The number of carbonyl (C=O) groups excluding carboxylic acids is 1. The lowest BCUT2D eigenvalue weighted by atomic mass is 9.97. The van der Waals surface area contributed by atoms with Crippen molar-refractivity contribution in [1.82, 2.24) is 10.2 Å². The van der Waals surface area contributed by atoms with E-state index >= 15 is 0 Å². The molecule has 1 aromatic carbocycles. The predicted molar refractivity (Wildman–Crippen MR) is 122 cm³/mol. The van der Waals surface area contributed by atoms with Crippen LogP contribution in [0.5, 0.6) is 0 Å². The molecule has 0 amide bonds. The zero-order valence-electron chi connectivity index (χ0n) is 17.2. The first-order valence-corrected chi connectivity index (χ1v) is 9.60. The number of hydrogen-bond donors (Lipinski definition) is 1. The highest BCUT2D eigenvalue weighted by molar-refractivity contribution is 14.0. The molecule has 28 heavy (non-hydrogen) atoms. The molecule has 1 aromatic rings. The normalized spacial score (nSPS) is 15.0. The van der Waals surface area contributed by atoms with E-state index in [1.54, 1.807) is 13.1 Å². The minimum atomic E-state index is -0.202. The molecule has 1 aliphatic heterocycles. The Balaban J connectivity index is 0.00000392. The molecule has 0 spiro atoms. The fourth-order valence-electron chi connectivity index (χ4n) is 3.49. The van der Waals surface area contributed by atoms with Gasteiger partial charge in [0.25, 0.3) is 0 Å². The largest absolute Gasteiger partial charge is 0.469 e. The number of aliphatic imine (C=N–C) groups is 1. The van der Waals surface area contributed by atoms with Gasteiger partial charge in [-0.1, -0.05) is 6.07 Å². The summed E-state index contributed by atoms with van der Waals surface area (Å²) in [5, 5.41) is 3.30. The second-order valence-electron chi connectivity index (χ2n) is 6.64. The van der Waals surface area contributed by atoms with Crippen molar-refractivity contribution in [1.29, 1.82) is 0 Å². The predicted octanol–water partition coefficient (Wildman–Crippen LogP) is 3.25. The fraction of sp³-hybridized carbons (Fsp3) is 0.600. The van der Waals surface area contributed by atoms with E-state index < -0.39 is 0 Å². The number of methoxy groups -OCH3 is 1. The highest BCUT2D eigenvalue weighted by atomic mass is 127. The van der Waals surface area contributed by atoms with E-state index in [1.165, 1.54) is 7.11 Å². The number of benzene rings is 1. The van der Waals surface area contributed by atoms with Crippen LogP contribution in [0, 0.1) is 11.7 Å². The molecular weight excluding hydrogens is 474 g/mol. The maximum Gasteiger partial charge on any atom is 0.308 e. The molecule has 1 heterocycles. The van der Waals surface area contributed by atoms with E-state index in [0.717, 1.165) is 50.5 Å². The molecule has 1 N–H and O–H groups in total. The van der Waals surface area contributed by atoms with Crippen LogP contribution in [0.3, 0.4) is 0 Å². The summed E-state index contributed by atoms with van der Waals surface area (Å²) in [6.07, 6.45) is 1.50. The van der Waals surface area contributed by atoms with Gasteiger partial charge >= 0.3 is 5.97 Å². The minimum Gasteiger partial charge on any atom is -0.469 e. The molecule has 158 valence electrons. The number of ether oxygens (including phenoxy) is 1. The monoisotopic (exact) mass is 506 g/mol. The van der Waals surface area contributed by atoms with E-state index in [9.17, 15) is 9.18 Å². The van der Waals surface area contributed by atoms with Gasteiger partial charge in [0.05, 0.1) is 18.7 Å². The van der Waals surface area contributed by atoms with E-state index in [0.29, 0.717) is 12.2 Å². The van der Waals surface area contributed by atoms with Gasteiger partial charge in [0.15, 0.2) is 5.96 Å². The summed E-state index contributed by atoms with van der Waals surface area (Å²) in [4.78, 5) is 20.1. The number of esters is 1. The second-order valence-corrected chi connectivity index (χ2v) is 6.64. The van der Waals surface area contributed by atoms with Gasteiger partial charge in [-0.2, -0.15) is 0 Å². The molecule has 0 bridgehead atoms. The van der Waals surface area contributed by atoms with E-state index in [2.05, 4.69) is 15.2 Å². The maximum absolute atomic E-state index is 14.4. The number of guanidine groups is 1. The molecule has 0 atom stereocenters. The molecule has 8 heteroatoms. The molecule has 1 fully saturated rings. The van der Waals surface area contributed by atoms with E-state index in [-0.39, 0.29) is 41.7 Å². The van der Waals surface area contributed by atoms with Crippen molar-refractivity contribution in [2.45, 2.75) is 33.2 Å². The van der Waals surface area contributed by atoms with Crippen LogP contribution in [0.1, 0.15) is 32.3 Å². The van der Waals surface area contributed by atoms with Crippen molar-refractivity contribution in [3.05, 3.63) is 29.6 Å². The molecule has 0 unspecified atom stereocenters. The highest BCUT2D eigenvalue weighted by Crippen LogP contribution is 2.21. The van der Waals surface area contributed by atoms with E-state index in [4.69, 9.17) is 4.74 Å². The molecule has 1 aliphatic rings. The zero-order chi connectivity index (χ0) is 19.8. The van der Waals surface area contributed by atoms with Gasteiger partial charge in [-0.15, -0.1) is 24.0 Å². The van der Waals surface area contributed by atoms with Crippen molar-refractivity contribution in [2.75, 3.05) is 45.2 Å². The Morgan fingerprint density at radius 1 is 1.32 bits per heavy atom. The number of rotatable bonds is 6. The second kappa shape index (κ2) is 12.1. The van der Waals surface area contributed by atoms with Crippen molar-refractivity contribution < 1.29 is 13.9 Å². The Morgan fingerprint density at radius 3 is 2.46 bits per heavy atom. The molecule has 2 rings (SSSR count). The van der Waals surface area contributed by atoms with Gasteiger partial charge in [-0.05, 0) is 44.4 Å². The van der Waals surface area contributed by atoms with Crippen LogP contribution < -0.4 is 10.2 Å². The third-order valence-electron chi connectivity index (χ3n) is 5.11. The number of likely N-dealkylation sites (tertiary alicyclic amines) is 1. The SMILES string of the molecule is CCN(CC)c1ccc(CNC(=NC)N2CCC(C(=O)OC)CC2)cc1F.I. The summed E-state index contributed by atoms with van der Waals surface area (Å²) in [7, 11) is 3.17. The lowest BCUT2D eigenvalue weighted by Crippen LogP contribution is -2.46. The first-order valence-electron chi connectivity index (χ1n) is 9.60. The van der Waals surface area contributed by atoms with Crippen LogP contribution in [0.25, 0.3) is 0 Å². The van der Waals surface area contributed by atoms with E-state index in [1.807, 2.05) is 30.9 Å². The number of carbonyl (C=O) groups is 1. The van der Waals surface area contributed by atoms with Crippen molar-refractivity contribution >= 4 is 41.6 Å². The average molecular weight is 506 g/mol.